The molecule has 3 aliphatic heterocycles. The predicted molar refractivity (Wildman–Crippen MR) is 121 cm³/mol. The first-order chi connectivity index (χ1) is 15.2. The standard InChI is InChI=1S/C27H26F2N2/c28-23-13-7-12-22(25(23)29)18-30-26-21-14-16-31(17-15-21)27(26)24(19-8-3-1-4-9-19)20-10-5-2-6-11-20/h1-13,18,21,24,26-27H,14-17H2. The first-order valence-electron chi connectivity index (χ1n) is 11.0. The monoisotopic (exact) mass is 416 g/mol. The van der Waals surface area contributed by atoms with Gasteiger partial charge in [0.25, 0.3) is 0 Å². The van der Waals surface area contributed by atoms with E-state index in [1.165, 1.54) is 17.2 Å². The lowest BCUT2D eigenvalue weighted by Crippen LogP contribution is -2.59. The maximum absolute atomic E-state index is 14.3. The van der Waals surface area contributed by atoms with Crippen molar-refractivity contribution in [3.63, 3.8) is 0 Å². The van der Waals surface area contributed by atoms with Crippen LogP contribution in [-0.4, -0.2) is 36.3 Å². The first kappa shape index (κ1) is 20.1. The number of nitrogens with zero attached hydrogens (tertiary/aromatic N) is 2. The van der Waals surface area contributed by atoms with Crippen LogP contribution < -0.4 is 0 Å². The minimum absolute atomic E-state index is 0.0376. The van der Waals surface area contributed by atoms with Crippen molar-refractivity contribution in [1.29, 1.82) is 0 Å². The number of hydrogen-bond donors (Lipinski definition) is 0. The molecule has 0 aromatic heterocycles. The zero-order chi connectivity index (χ0) is 21.2. The Balaban J connectivity index is 1.56. The Kier molecular flexibility index (Phi) is 5.65. The number of fused-ring (bicyclic) bond motifs is 3. The van der Waals surface area contributed by atoms with E-state index >= 15 is 0 Å². The average molecular weight is 417 g/mol. The van der Waals surface area contributed by atoms with Crippen LogP contribution in [0.15, 0.2) is 83.9 Å². The summed E-state index contributed by atoms with van der Waals surface area (Å²) in [6.45, 7) is 2.12. The third-order valence-electron chi connectivity index (χ3n) is 6.85. The van der Waals surface area contributed by atoms with E-state index in [1.54, 1.807) is 12.3 Å². The van der Waals surface area contributed by atoms with Crippen LogP contribution in [0.2, 0.25) is 0 Å². The van der Waals surface area contributed by atoms with Crippen molar-refractivity contribution < 1.29 is 8.78 Å². The molecule has 3 heterocycles. The van der Waals surface area contributed by atoms with Crippen molar-refractivity contribution in [3.8, 4) is 0 Å². The summed E-state index contributed by atoms with van der Waals surface area (Å²) in [4.78, 5) is 7.47. The molecule has 2 bridgehead atoms. The molecule has 0 amide bonds. The molecule has 3 aliphatic rings. The van der Waals surface area contributed by atoms with Gasteiger partial charge in [-0.15, -0.1) is 0 Å². The number of halogens is 2. The highest BCUT2D eigenvalue weighted by molar-refractivity contribution is 5.80. The first-order valence-corrected chi connectivity index (χ1v) is 11.0. The number of piperidine rings is 3. The summed E-state index contributed by atoms with van der Waals surface area (Å²) < 4.78 is 28.0. The van der Waals surface area contributed by atoms with Gasteiger partial charge in [0.1, 0.15) is 0 Å². The van der Waals surface area contributed by atoms with Crippen molar-refractivity contribution in [2.75, 3.05) is 13.1 Å². The SMILES string of the molecule is Fc1cccc(C=NC2C3CCN(CC3)C2C(c2ccccc2)c2ccccc2)c1F. The second kappa shape index (κ2) is 8.72. The normalized spacial score (nSPS) is 25.4. The number of rotatable bonds is 5. The van der Waals surface area contributed by atoms with E-state index < -0.39 is 11.6 Å². The molecule has 3 fully saturated rings. The van der Waals surface area contributed by atoms with Gasteiger partial charge in [0.05, 0.1) is 6.04 Å². The number of benzene rings is 3. The smallest absolute Gasteiger partial charge is 0.167 e. The summed E-state index contributed by atoms with van der Waals surface area (Å²) in [6, 6.07) is 25.7. The molecule has 3 aromatic carbocycles. The van der Waals surface area contributed by atoms with Gasteiger partial charge in [-0.2, -0.15) is 0 Å². The largest absolute Gasteiger partial charge is 0.297 e. The van der Waals surface area contributed by atoms with Gasteiger partial charge in [0.15, 0.2) is 11.6 Å². The second-order valence-corrected chi connectivity index (χ2v) is 8.57. The molecule has 0 N–H and O–H groups in total. The molecule has 0 saturated carbocycles. The fourth-order valence-corrected chi connectivity index (χ4v) is 5.37. The zero-order valence-electron chi connectivity index (χ0n) is 17.4. The maximum Gasteiger partial charge on any atom is 0.167 e. The minimum Gasteiger partial charge on any atom is -0.297 e. The van der Waals surface area contributed by atoms with Gasteiger partial charge in [-0.25, -0.2) is 8.78 Å². The third kappa shape index (κ3) is 3.92. The molecule has 2 nitrogen and oxygen atoms in total. The molecule has 2 unspecified atom stereocenters. The molecular weight excluding hydrogens is 390 g/mol. The van der Waals surface area contributed by atoms with Gasteiger partial charge in [0, 0.05) is 23.7 Å². The predicted octanol–water partition coefficient (Wildman–Crippen LogP) is 5.68. The van der Waals surface area contributed by atoms with Crippen LogP contribution in [0, 0.1) is 17.6 Å². The third-order valence-corrected chi connectivity index (χ3v) is 6.85. The molecule has 4 heteroatoms. The van der Waals surface area contributed by atoms with Gasteiger partial charge < -0.3 is 0 Å². The Bertz CT molecular complexity index is 1000. The molecule has 3 aromatic rings. The summed E-state index contributed by atoms with van der Waals surface area (Å²) in [7, 11) is 0. The quantitative estimate of drug-likeness (QED) is 0.489. The lowest BCUT2D eigenvalue weighted by Gasteiger charge is -2.52. The van der Waals surface area contributed by atoms with Crippen molar-refractivity contribution in [1.82, 2.24) is 4.90 Å². The average Bonchev–Trinajstić information content (AvgIpc) is 2.83. The van der Waals surface area contributed by atoms with Gasteiger partial charge in [-0.05, 0) is 49.0 Å². The molecule has 6 rings (SSSR count). The van der Waals surface area contributed by atoms with E-state index in [0.717, 1.165) is 32.0 Å². The van der Waals surface area contributed by atoms with Crippen LogP contribution in [0.4, 0.5) is 8.78 Å². The van der Waals surface area contributed by atoms with Crippen molar-refractivity contribution in [2.24, 2.45) is 10.9 Å². The van der Waals surface area contributed by atoms with Crippen LogP contribution in [0.5, 0.6) is 0 Å². The van der Waals surface area contributed by atoms with Crippen LogP contribution in [0.25, 0.3) is 0 Å². The summed E-state index contributed by atoms with van der Waals surface area (Å²) in [6.07, 6.45) is 3.74. The van der Waals surface area contributed by atoms with Crippen molar-refractivity contribution in [2.45, 2.75) is 30.8 Å². The second-order valence-electron chi connectivity index (χ2n) is 8.57. The van der Waals surface area contributed by atoms with E-state index in [2.05, 4.69) is 53.4 Å². The Morgan fingerprint density at radius 3 is 2.03 bits per heavy atom. The fourth-order valence-electron chi connectivity index (χ4n) is 5.37. The van der Waals surface area contributed by atoms with E-state index in [4.69, 9.17) is 4.99 Å². The Labute approximate surface area is 182 Å². The van der Waals surface area contributed by atoms with Crippen LogP contribution in [-0.2, 0) is 0 Å². The number of hydrogen-bond acceptors (Lipinski definition) is 2. The molecule has 0 aliphatic carbocycles. The molecule has 0 radical (unpaired) electrons. The molecular formula is C27H26F2N2. The molecule has 3 saturated heterocycles. The Morgan fingerprint density at radius 2 is 1.42 bits per heavy atom. The molecule has 0 spiro atoms. The lowest BCUT2D eigenvalue weighted by atomic mass is 9.71. The van der Waals surface area contributed by atoms with Gasteiger partial charge >= 0.3 is 0 Å². The van der Waals surface area contributed by atoms with E-state index in [-0.39, 0.29) is 23.6 Å². The summed E-state index contributed by atoms with van der Waals surface area (Å²) >= 11 is 0. The van der Waals surface area contributed by atoms with Gasteiger partial charge in [-0.3, -0.25) is 9.89 Å². The highest BCUT2D eigenvalue weighted by Crippen LogP contribution is 2.43. The van der Waals surface area contributed by atoms with Crippen molar-refractivity contribution in [3.05, 3.63) is 107 Å². The van der Waals surface area contributed by atoms with Crippen LogP contribution in [0.3, 0.4) is 0 Å². The maximum atomic E-state index is 14.3. The zero-order valence-corrected chi connectivity index (χ0v) is 17.4. The van der Waals surface area contributed by atoms with Crippen LogP contribution >= 0.6 is 0 Å². The highest BCUT2D eigenvalue weighted by atomic mass is 19.2. The van der Waals surface area contributed by atoms with E-state index in [9.17, 15) is 8.78 Å². The van der Waals surface area contributed by atoms with Crippen LogP contribution in [0.1, 0.15) is 35.4 Å². The molecule has 158 valence electrons. The lowest BCUT2D eigenvalue weighted by molar-refractivity contribution is 0.0215. The Morgan fingerprint density at radius 1 is 0.806 bits per heavy atom. The highest BCUT2D eigenvalue weighted by Gasteiger charge is 2.46. The summed E-state index contributed by atoms with van der Waals surface area (Å²) in [5.41, 5.74) is 2.75. The Hall–Kier alpha value is -2.85. The summed E-state index contributed by atoms with van der Waals surface area (Å²) in [5.74, 6) is -1.03. The van der Waals surface area contributed by atoms with E-state index in [0.29, 0.717) is 5.92 Å². The summed E-state index contributed by atoms with van der Waals surface area (Å²) in [5, 5.41) is 0. The van der Waals surface area contributed by atoms with Gasteiger partial charge in [0.2, 0.25) is 0 Å². The van der Waals surface area contributed by atoms with E-state index in [1.807, 2.05) is 12.1 Å². The fraction of sp³-hybridized carbons (Fsp3) is 0.296. The van der Waals surface area contributed by atoms with Crippen molar-refractivity contribution >= 4 is 6.21 Å². The molecule has 2 atom stereocenters. The topological polar surface area (TPSA) is 15.6 Å². The minimum atomic E-state index is -0.833. The number of aliphatic imine (C=N–C) groups is 1. The molecule has 31 heavy (non-hydrogen) atoms. The van der Waals surface area contributed by atoms with Gasteiger partial charge in [-0.1, -0.05) is 72.8 Å².